The lowest BCUT2D eigenvalue weighted by Gasteiger charge is -2.14. The molecule has 1 amide bonds. The highest BCUT2D eigenvalue weighted by molar-refractivity contribution is 5.95. The second-order valence-electron chi connectivity index (χ2n) is 4.56. The van der Waals surface area contributed by atoms with Gasteiger partial charge in [0.25, 0.3) is 5.91 Å². The van der Waals surface area contributed by atoms with Gasteiger partial charge < -0.3 is 20.0 Å². The second-order valence-corrected chi connectivity index (χ2v) is 4.56. The van der Waals surface area contributed by atoms with Crippen LogP contribution in [0.2, 0.25) is 0 Å². The molecule has 2 rings (SSSR count). The zero-order chi connectivity index (χ0) is 14.7. The van der Waals surface area contributed by atoms with E-state index in [2.05, 4.69) is 15.3 Å². The number of hydrogen-bond donors (Lipinski definition) is 3. The molecule has 0 bridgehead atoms. The van der Waals surface area contributed by atoms with Gasteiger partial charge in [0.15, 0.2) is 0 Å². The molecule has 0 unspecified atom stereocenters. The van der Waals surface area contributed by atoms with Gasteiger partial charge in [0.1, 0.15) is 11.7 Å². The van der Waals surface area contributed by atoms with Crippen LogP contribution in [0.5, 0.6) is 0 Å². The summed E-state index contributed by atoms with van der Waals surface area (Å²) in [6.45, 7) is 1.87. The number of carbonyl (C=O) groups is 2. The average molecular weight is 276 g/mol. The van der Waals surface area contributed by atoms with E-state index in [4.69, 9.17) is 0 Å². The maximum Gasteiger partial charge on any atom is 0.326 e. The predicted octanol–water partition coefficient (Wildman–Crippen LogP) is 0.482. The molecule has 2 aromatic heterocycles. The molecule has 2 heterocycles. The van der Waals surface area contributed by atoms with E-state index in [9.17, 15) is 14.7 Å². The summed E-state index contributed by atoms with van der Waals surface area (Å²) < 4.78 is 1.71. The van der Waals surface area contributed by atoms with E-state index >= 15 is 0 Å². The van der Waals surface area contributed by atoms with Gasteiger partial charge in [0.2, 0.25) is 0 Å². The van der Waals surface area contributed by atoms with Gasteiger partial charge in [-0.05, 0) is 19.1 Å². The number of carboxylic acid groups (broad SMARTS) is 1. The molecule has 7 nitrogen and oxygen atoms in total. The zero-order valence-electron chi connectivity index (χ0n) is 11.3. The highest BCUT2D eigenvalue weighted by Crippen LogP contribution is 2.07. The van der Waals surface area contributed by atoms with Gasteiger partial charge in [-0.1, -0.05) is 0 Å². The van der Waals surface area contributed by atoms with Crippen LogP contribution in [0.25, 0.3) is 0 Å². The van der Waals surface area contributed by atoms with Crippen LogP contribution >= 0.6 is 0 Å². The third-order valence-corrected chi connectivity index (χ3v) is 3.19. The minimum Gasteiger partial charge on any atom is -0.480 e. The fourth-order valence-electron chi connectivity index (χ4n) is 1.89. The number of aromatic amines is 1. The van der Waals surface area contributed by atoms with Crippen LogP contribution in [0.3, 0.4) is 0 Å². The van der Waals surface area contributed by atoms with Gasteiger partial charge in [0.05, 0.1) is 6.33 Å². The number of nitrogens with zero attached hydrogens (tertiary/aromatic N) is 2. The first-order valence-electron chi connectivity index (χ1n) is 6.12. The first-order chi connectivity index (χ1) is 9.49. The summed E-state index contributed by atoms with van der Waals surface area (Å²) in [5.41, 5.74) is 2.01. The molecule has 0 aliphatic rings. The van der Waals surface area contributed by atoms with E-state index in [0.29, 0.717) is 11.4 Å². The Labute approximate surface area is 115 Å². The number of carbonyl (C=O) groups excluding carboxylic acids is 1. The van der Waals surface area contributed by atoms with Crippen molar-refractivity contribution in [3.8, 4) is 0 Å². The number of aromatic nitrogens is 3. The summed E-state index contributed by atoms with van der Waals surface area (Å²) in [5.74, 6) is -1.49. The molecule has 0 aromatic carbocycles. The Kier molecular flexibility index (Phi) is 3.88. The molecule has 106 valence electrons. The van der Waals surface area contributed by atoms with Gasteiger partial charge in [-0.15, -0.1) is 0 Å². The molecule has 0 saturated carbocycles. The first kappa shape index (κ1) is 13.9. The fraction of sp³-hybridized carbons (Fsp3) is 0.308. The van der Waals surface area contributed by atoms with Crippen molar-refractivity contribution in [3.05, 3.63) is 41.7 Å². The topological polar surface area (TPSA) is 100 Å². The standard InChI is InChI=1S/C13H16N4O3/c1-8-3-4-11(17(8)2)12(18)16-10(13(19)20)5-9-6-14-7-15-9/h3-4,6-7,10H,5H2,1-2H3,(H,14,15)(H,16,18)(H,19,20)/t10-/m1/s1. The summed E-state index contributed by atoms with van der Waals surface area (Å²) in [4.78, 5) is 30.0. The van der Waals surface area contributed by atoms with Crippen molar-refractivity contribution in [2.75, 3.05) is 0 Å². The molecule has 20 heavy (non-hydrogen) atoms. The van der Waals surface area contributed by atoms with Crippen molar-refractivity contribution >= 4 is 11.9 Å². The van der Waals surface area contributed by atoms with Gasteiger partial charge >= 0.3 is 5.97 Å². The number of aliphatic carboxylic acids is 1. The van der Waals surface area contributed by atoms with Crippen LogP contribution in [-0.2, 0) is 18.3 Å². The van der Waals surface area contributed by atoms with Crippen LogP contribution in [0.15, 0.2) is 24.7 Å². The lowest BCUT2D eigenvalue weighted by Crippen LogP contribution is -2.43. The smallest absolute Gasteiger partial charge is 0.326 e. The summed E-state index contributed by atoms with van der Waals surface area (Å²) in [6.07, 6.45) is 3.16. The Hall–Kier alpha value is -2.57. The minimum atomic E-state index is -1.08. The van der Waals surface area contributed by atoms with Crippen LogP contribution in [0, 0.1) is 6.92 Å². The zero-order valence-corrected chi connectivity index (χ0v) is 11.3. The SMILES string of the molecule is Cc1ccc(C(=O)N[C@H](Cc2cnc[nH]2)C(=O)O)n1C. The molecule has 0 radical (unpaired) electrons. The number of rotatable bonds is 5. The second kappa shape index (κ2) is 5.60. The fourth-order valence-corrected chi connectivity index (χ4v) is 1.89. The Balaban J connectivity index is 2.10. The number of nitrogens with one attached hydrogen (secondary N) is 2. The van der Waals surface area contributed by atoms with E-state index in [1.807, 2.05) is 6.92 Å². The number of aryl methyl sites for hydroxylation is 1. The third-order valence-electron chi connectivity index (χ3n) is 3.19. The largest absolute Gasteiger partial charge is 0.480 e. The van der Waals surface area contributed by atoms with Crippen molar-refractivity contribution in [1.82, 2.24) is 19.9 Å². The lowest BCUT2D eigenvalue weighted by atomic mass is 10.1. The molecular formula is C13H16N4O3. The number of carboxylic acids is 1. The highest BCUT2D eigenvalue weighted by atomic mass is 16.4. The van der Waals surface area contributed by atoms with Gasteiger partial charge in [-0.3, -0.25) is 4.79 Å². The summed E-state index contributed by atoms with van der Waals surface area (Å²) in [7, 11) is 1.76. The molecule has 2 aromatic rings. The predicted molar refractivity (Wildman–Crippen MR) is 71.3 cm³/mol. The monoisotopic (exact) mass is 276 g/mol. The van der Waals surface area contributed by atoms with Crippen molar-refractivity contribution in [3.63, 3.8) is 0 Å². The van der Waals surface area contributed by atoms with Crippen LogP contribution in [0.4, 0.5) is 0 Å². The van der Waals surface area contributed by atoms with Crippen molar-refractivity contribution in [2.45, 2.75) is 19.4 Å². The Morgan fingerprint density at radius 1 is 1.50 bits per heavy atom. The first-order valence-corrected chi connectivity index (χ1v) is 6.12. The maximum atomic E-state index is 12.1. The summed E-state index contributed by atoms with van der Waals surface area (Å²) in [6, 6.07) is 2.47. The normalized spacial score (nSPS) is 12.1. The van der Waals surface area contributed by atoms with E-state index < -0.39 is 17.9 Å². The van der Waals surface area contributed by atoms with E-state index in [1.165, 1.54) is 12.5 Å². The third kappa shape index (κ3) is 2.87. The summed E-state index contributed by atoms with van der Waals surface area (Å²) >= 11 is 0. The molecule has 3 N–H and O–H groups in total. The van der Waals surface area contributed by atoms with E-state index in [-0.39, 0.29) is 6.42 Å². The summed E-state index contributed by atoms with van der Waals surface area (Å²) in [5, 5.41) is 11.7. The van der Waals surface area contributed by atoms with Crippen molar-refractivity contribution < 1.29 is 14.7 Å². The molecule has 0 spiro atoms. The van der Waals surface area contributed by atoms with Crippen LogP contribution < -0.4 is 5.32 Å². The molecule has 0 fully saturated rings. The molecule has 1 atom stereocenters. The minimum absolute atomic E-state index is 0.157. The van der Waals surface area contributed by atoms with Gasteiger partial charge in [-0.25, -0.2) is 9.78 Å². The van der Waals surface area contributed by atoms with Crippen molar-refractivity contribution in [2.24, 2.45) is 7.05 Å². The molecule has 7 heteroatoms. The van der Waals surface area contributed by atoms with E-state index in [0.717, 1.165) is 5.69 Å². The molecule has 0 saturated heterocycles. The average Bonchev–Trinajstić information content (AvgIpc) is 3.00. The molecule has 0 aliphatic heterocycles. The number of H-pyrrole nitrogens is 1. The lowest BCUT2D eigenvalue weighted by molar-refractivity contribution is -0.139. The van der Waals surface area contributed by atoms with Crippen LogP contribution in [-0.4, -0.2) is 37.6 Å². The Morgan fingerprint density at radius 3 is 2.75 bits per heavy atom. The van der Waals surface area contributed by atoms with Gasteiger partial charge in [-0.2, -0.15) is 0 Å². The molecule has 0 aliphatic carbocycles. The maximum absolute atomic E-state index is 12.1. The number of hydrogen-bond acceptors (Lipinski definition) is 3. The Morgan fingerprint density at radius 2 is 2.25 bits per heavy atom. The number of imidazole rings is 1. The van der Waals surface area contributed by atoms with E-state index in [1.54, 1.807) is 23.7 Å². The van der Waals surface area contributed by atoms with Crippen molar-refractivity contribution in [1.29, 1.82) is 0 Å². The van der Waals surface area contributed by atoms with Gasteiger partial charge in [0, 0.05) is 31.1 Å². The molecular weight excluding hydrogens is 260 g/mol. The number of amides is 1. The highest BCUT2D eigenvalue weighted by Gasteiger charge is 2.22. The van der Waals surface area contributed by atoms with Crippen LogP contribution in [0.1, 0.15) is 21.9 Å². The quantitative estimate of drug-likeness (QED) is 0.739. The Bertz CT molecular complexity index is 616.